The topological polar surface area (TPSA) is 21.3 Å². The van der Waals surface area contributed by atoms with Crippen LogP contribution in [0.1, 0.15) is 6.92 Å². The van der Waals surface area contributed by atoms with E-state index in [4.69, 9.17) is 4.74 Å². The van der Waals surface area contributed by atoms with Crippen molar-refractivity contribution < 1.29 is 13.5 Å². The summed E-state index contributed by atoms with van der Waals surface area (Å²) in [5.41, 5.74) is 0.635. The Hall–Kier alpha value is -0.840. The molecule has 84 valence electrons. The summed E-state index contributed by atoms with van der Waals surface area (Å²) in [6.45, 7) is 1.43. The first kappa shape index (κ1) is 12.2. The maximum atomic E-state index is 12.3. The Bertz CT molecular complexity index is 333. The fourth-order valence-electron chi connectivity index (χ4n) is 1.08. The van der Waals surface area contributed by atoms with Gasteiger partial charge in [0, 0.05) is 5.69 Å². The molecular formula is C10H12BrF2NO. The minimum absolute atomic E-state index is 0.635. The molecule has 0 heterocycles. The predicted octanol–water partition coefficient (Wildman–Crippen LogP) is 3.52. The molecule has 0 aliphatic carbocycles. The third-order valence-corrected chi connectivity index (χ3v) is 2.54. The summed E-state index contributed by atoms with van der Waals surface area (Å²) in [7, 11) is 1.55. The van der Waals surface area contributed by atoms with E-state index < -0.39 is 12.5 Å². The molecule has 1 aromatic carbocycles. The Morgan fingerprint density at radius 1 is 1.40 bits per heavy atom. The van der Waals surface area contributed by atoms with Crippen LogP contribution in [0.3, 0.4) is 0 Å². The molecule has 5 heteroatoms. The zero-order chi connectivity index (χ0) is 11.4. The molecule has 1 rings (SSSR count). The molecule has 1 N–H and O–H groups in total. The molecule has 1 atom stereocenters. The number of hydrogen-bond donors (Lipinski definition) is 1. The normalized spacial score (nSPS) is 12.7. The molecule has 0 aromatic heterocycles. The second-order valence-electron chi connectivity index (χ2n) is 3.12. The maximum absolute atomic E-state index is 12.3. The van der Waals surface area contributed by atoms with E-state index in [0.29, 0.717) is 11.4 Å². The molecule has 0 spiro atoms. The highest BCUT2D eigenvalue weighted by molar-refractivity contribution is 9.10. The molecule has 2 nitrogen and oxygen atoms in total. The van der Waals surface area contributed by atoms with Gasteiger partial charge in [-0.2, -0.15) is 0 Å². The number of benzene rings is 1. The minimum atomic E-state index is -2.38. The Balaban J connectivity index is 2.75. The summed E-state index contributed by atoms with van der Waals surface area (Å²) in [5.74, 6) is 0.672. The Morgan fingerprint density at radius 3 is 2.53 bits per heavy atom. The lowest BCUT2D eigenvalue weighted by Gasteiger charge is -2.15. The smallest absolute Gasteiger partial charge is 0.258 e. The summed E-state index contributed by atoms with van der Waals surface area (Å²) in [6, 6.07) is 4.25. The van der Waals surface area contributed by atoms with Gasteiger partial charge in [-0.1, -0.05) is 0 Å². The second kappa shape index (κ2) is 5.30. The largest absolute Gasteiger partial charge is 0.496 e. The molecular weight excluding hydrogens is 268 g/mol. The minimum Gasteiger partial charge on any atom is -0.496 e. The van der Waals surface area contributed by atoms with Crippen LogP contribution in [0.5, 0.6) is 5.75 Å². The zero-order valence-corrected chi connectivity index (χ0v) is 10.0. The van der Waals surface area contributed by atoms with Crippen molar-refractivity contribution in [1.29, 1.82) is 0 Å². The monoisotopic (exact) mass is 279 g/mol. The van der Waals surface area contributed by atoms with Gasteiger partial charge in [-0.05, 0) is 41.1 Å². The highest BCUT2D eigenvalue weighted by atomic mass is 79.9. The molecule has 0 bridgehead atoms. The van der Waals surface area contributed by atoms with Crippen LogP contribution in [-0.2, 0) is 0 Å². The fourth-order valence-corrected chi connectivity index (χ4v) is 1.62. The van der Waals surface area contributed by atoms with Gasteiger partial charge in [0.25, 0.3) is 6.43 Å². The van der Waals surface area contributed by atoms with Crippen molar-refractivity contribution in [1.82, 2.24) is 0 Å². The molecule has 1 aromatic rings. The molecule has 0 saturated carbocycles. The molecule has 1 unspecified atom stereocenters. The van der Waals surface area contributed by atoms with Gasteiger partial charge in [0.2, 0.25) is 0 Å². The van der Waals surface area contributed by atoms with Crippen LogP contribution in [0.15, 0.2) is 22.7 Å². The molecule has 0 fully saturated rings. The van der Waals surface area contributed by atoms with Crippen LogP contribution in [0.25, 0.3) is 0 Å². The van der Waals surface area contributed by atoms with Gasteiger partial charge in [-0.3, -0.25) is 0 Å². The van der Waals surface area contributed by atoms with Crippen LogP contribution >= 0.6 is 15.9 Å². The standard InChI is InChI=1S/C10H12BrF2NO/c1-6(10(12)13)14-7-3-4-9(15-2)8(11)5-7/h3-6,10,14H,1-2H3. The quantitative estimate of drug-likeness (QED) is 0.911. The van der Waals surface area contributed by atoms with Crippen LogP contribution in [0.2, 0.25) is 0 Å². The highest BCUT2D eigenvalue weighted by Crippen LogP contribution is 2.28. The van der Waals surface area contributed by atoms with Crippen molar-refractivity contribution in [2.45, 2.75) is 19.4 Å². The van der Waals surface area contributed by atoms with E-state index in [1.54, 1.807) is 25.3 Å². The Labute approximate surface area is 95.8 Å². The third kappa shape index (κ3) is 3.34. The summed E-state index contributed by atoms with van der Waals surface area (Å²) in [4.78, 5) is 0. The SMILES string of the molecule is COc1ccc(NC(C)C(F)F)cc1Br. The van der Waals surface area contributed by atoms with Crippen molar-refractivity contribution in [3.8, 4) is 5.75 Å². The van der Waals surface area contributed by atoms with Gasteiger partial charge in [0.05, 0.1) is 17.6 Å². The van der Waals surface area contributed by atoms with E-state index in [0.717, 1.165) is 4.47 Å². The zero-order valence-electron chi connectivity index (χ0n) is 8.43. The van der Waals surface area contributed by atoms with Gasteiger partial charge >= 0.3 is 0 Å². The van der Waals surface area contributed by atoms with E-state index >= 15 is 0 Å². The lowest BCUT2D eigenvalue weighted by molar-refractivity contribution is 0.131. The summed E-state index contributed by atoms with van der Waals surface area (Å²) < 4.78 is 30.3. The average molecular weight is 280 g/mol. The Kier molecular flexibility index (Phi) is 4.32. The van der Waals surface area contributed by atoms with Crippen molar-refractivity contribution >= 4 is 21.6 Å². The average Bonchev–Trinajstić information content (AvgIpc) is 2.18. The number of anilines is 1. The van der Waals surface area contributed by atoms with Gasteiger partial charge in [-0.15, -0.1) is 0 Å². The van der Waals surface area contributed by atoms with E-state index in [-0.39, 0.29) is 0 Å². The van der Waals surface area contributed by atoms with Crippen molar-refractivity contribution in [2.75, 3.05) is 12.4 Å². The summed E-state index contributed by atoms with van der Waals surface area (Å²) in [5, 5.41) is 2.70. The number of methoxy groups -OCH3 is 1. The third-order valence-electron chi connectivity index (χ3n) is 1.92. The van der Waals surface area contributed by atoms with E-state index in [1.165, 1.54) is 6.92 Å². The van der Waals surface area contributed by atoms with Crippen LogP contribution in [0, 0.1) is 0 Å². The van der Waals surface area contributed by atoms with Crippen molar-refractivity contribution in [3.63, 3.8) is 0 Å². The lowest BCUT2D eigenvalue weighted by Crippen LogP contribution is -2.23. The number of rotatable bonds is 4. The molecule has 0 aliphatic rings. The molecule has 15 heavy (non-hydrogen) atoms. The van der Waals surface area contributed by atoms with Crippen LogP contribution < -0.4 is 10.1 Å². The number of nitrogens with one attached hydrogen (secondary N) is 1. The van der Waals surface area contributed by atoms with Crippen molar-refractivity contribution in [3.05, 3.63) is 22.7 Å². The van der Waals surface area contributed by atoms with Gasteiger partial charge in [0.15, 0.2) is 0 Å². The van der Waals surface area contributed by atoms with Crippen molar-refractivity contribution in [2.24, 2.45) is 0 Å². The number of hydrogen-bond acceptors (Lipinski definition) is 2. The van der Waals surface area contributed by atoms with E-state index in [2.05, 4.69) is 21.2 Å². The second-order valence-corrected chi connectivity index (χ2v) is 3.97. The van der Waals surface area contributed by atoms with Gasteiger partial charge in [-0.25, -0.2) is 8.78 Å². The highest BCUT2D eigenvalue weighted by Gasteiger charge is 2.14. The fraction of sp³-hybridized carbons (Fsp3) is 0.400. The Morgan fingerprint density at radius 2 is 2.07 bits per heavy atom. The van der Waals surface area contributed by atoms with Crippen LogP contribution in [-0.4, -0.2) is 19.6 Å². The lowest BCUT2D eigenvalue weighted by atomic mass is 10.2. The van der Waals surface area contributed by atoms with Crippen LogP contribution in [0.4, 0.5) is 14.5 Å². The maximum Gasteiger partial charge on any atom is 0.258 e. The molecule has 0 radical (unpaired) electrons. The first-order valence-electron chi connectivity index (χ1n) is 4.43. The summed E-state index contributed by atoms with van der Waals surface area (Å²) >= 11 is 3.28. The summed E-state index contributed by atoms with van der Waals surface area (Å²) in [6.07, 6.45) is -2.38. The van der Waals surface area contributed by atoms with Gasteiger partial charge < -0.3 is 10.1 Å². The first-order valence-corrected chi connectivity index (χ1v) is 5.22. The van der Waals surface area contributed by atoms with E-state index in [1.807, 2.05) is 0 Å². The number of halogens is 3. The molecule has 0 aliphatic heterocycles. The first-order chi connectivity index (χ1) is 7.04. The molecule has 0 saturated heterocycles. The number of alkyl halides is 2. The molecule has 0 amide bonds. The van der Waals surface area contributed by atoms with Gasteiger partial charge in [0.1, 0.15) is 5.75 Å². The number of ether oxygens (including phenoxy) is 1. The predicted molar refractivity (Wildman–Crippen MR) is 59.8 cm³/mol. The van der Waals surface area contributed by atoms with E-state index in [9.17, 15) is 8.78 Å².